The largest absolute Gasteiger partial charge is 0.488 e. The van der Waals surface area contributed by atoms with Gasteiger partial charge in [-0.3, -0.25) is 14.5 Å². The summed E-state index contributed by atoms with van der Waals surface area (Å²) in [4.78, 5) is 31.4. The minimum atomic E-state index is -0.497. The normalized spacial score (nSPS) is 26.2. The van der Waals surface area contributed by atoms with Crippen molar-refractivity contribution in [3.63, 3.8) is 0 Å². The van der Waals surface area contributed by atoms with Crippen molar-refractivity contribution in [1.82, 2.24) is 14.7 Å². The molecule has 2 atom stereocenters. The lowest BCUT2D eigenvalue weighted by atomic mass is 10.1. The maximum Gasteiger partial charge on any atom is 0.245 e. The minimum Gasteiger partial charge on any atom is -0.488 e. The van der Waals surface area contributed by atoms with E-state index in [0.29, 0.717) is 31.3 Å². The van der Waals surface area contributed by atoms with Crippen LogP contribution < -0.4 is 4.74 Å². The van der Waals surface area contributed by atoms with Gasteiger partial charge in [0.15, 0.2) is 0 Å². The number of hydrogen-bond donors (Lipinski definition) is 0. The SMILES string of the molecule is CC(=O)N1C[C@@H](Oc2cccc(F)c2)C[C@@H]1C(=O)N1CCCN(C2CC2)CC1. The molecule has 0 spiro atoms. The summed E-state index contributed by atoms with van der Waals surface area (Å²) < 4.78 is 19.3. The summed E-state index contributed by atoms with van der Waals surface area (Å²) in [6.45, 7) is 5.24. The summed E-state index contributed by atoms with van der Waals surface area (Å²) in [6, 6.07) is 6.18. The standard InChI is InChI=1S/C21H28FN3O3/c1-15(26)25-14-19(28-18-5-2-4-16(22)12-18)13-20(25)21(27)24-9-3-8-23(10-11-24)17-6-7-17/h2,4-5,12,17,19-20H,3,6-11,13-14H2,1H3/t19-,20+/m0/s1. The smallest absolute Gasteiger partial charge is 0.245 e. The fourth-order valence-electron chi connectivity index (χ4n) is 4.37. The molecule has 0 bridgehead atoms. The van der Waals surface area contributed by atoms with Crippen LogP contribution >= 0.6 is 0 Å². The van der Waals surface area contributed by atoms with Crippen molar-refractivity contribution in [2.24, 2.45) is 0 Å². The van der Waals surface area contributed by atoms with Crippen LogP contribution in [0, 0.1) is 5.82 Å². The number of rotatable bonds is 4. The Morgan fingerprint density at radius 3 is 2.68 bits per heavy atom. The van der Waals surface area contributed by atoms with Gasteiger partial charge in [-0.15, -0.1) is 0 Å². The molecule has 3 aliphatic rings. The van der Waals surface area contributed by atoms with Crippen LogP contribution in [0.5, 0.6) is 5.75 Å². The summed E-state index contributed by atoms with van der Waals surface area (Å²) in [5.41, 5.74) is 0. The highest BCUT2D eigenvalue weighted by atomic mass is 19.1. The quantitative estimate of drug-likeness (QED) is 0.789. The predicted octanol–water partition coefficient (Wildman–Crippen LogP) is 1.89. The second-order valence-electron chi connectivity index (χ2n) is 8.07. The lowest BCUT2D eigenvalue weighted by molar-refractivity contribution is -0.142. The van der Waals surface area contributed by atoms with Gasteiger partial charge in [0.2, 0.25) is 11.8 Å². The lowest BCUT2D eigenvalue weighted by Crippen LogP contribution is -2.48. The maximum atomic E-state index is 13.4. The lowest BCUT2D eigenvalue weighted by Gasteiger charge is -2.28. The summed E-state index contributed by atoms with van der Waals surface area (Å²) in [5, 5.41) is 0. The van der Waals surface area contributed by atoms with E-state index in [-0.39, 0.29) is 23.7 Å². The van der Waals surface area contributed by atoms with Crippen LogP contribution in [0.25, 0.3) is 0 Å². The highest BCUT2D eigenvalue weighted by Crippen LogP contribution is 2.29. The molecule has 0 aromatic heterocycles. The Morgan fingerprint density at radius 1 is 1.14 bits per heavy atom. The van der Waals surface area contributed by atoms with E-state index in [1.807, 2.05) is 4.90 Å². The Kier molecular flexibility index (Phi) is 5.53. The van der Waals surface area contributed by atoms with Crippen molar-refractivity contribution in [3.8, 4) is 5.75 Å². The summed E-state index contributed by atoms with van der Waals surface area (Å²) in [7, 11) is 0. The predicted molar refractivity (Wildman–Crippen MR) is 102 cm³/mol. The molecule has 3 fully saturated rings. The van der Waals surface area contributed by atoms with E-state index in [1.165, 1.54) is 31.9 Å². The van der Waals surface area contributed by atoms with Crippen LogP contribution in [-0.2, 0) is 9.59 Å². The van der Waals surface area contributed by atoms with Gasteiger partial charge >= 0.3 is 0 Å². The fraction of sp³-hybridized carbons (Fsp3) is 0.619. The third-order valence-electron chi connectivity index (χ3n) is 5.96. The second kappa shape index (κ2) is 8.07. The van der Waals surface area contributed by atoms with E-state index >= 15 is 0 Å². The molecule has 4 rings (SSSR count). The summed E-state index contributed by atoms with van der Waals surface area (Å²) in [6.07, 6.45) is 3.65. The van der Waals surface area contributed by atoms with Crippen molar-refractivity contribution in [3.05, 3.63) is 30.1 Å². The van der Waals surface area contributed by atoms with E-state index in [4.69, 9.17) is 4.74 Å². The molecule has 2 heterocycles. The first kappa shape index (κ1) is 19.2. The number of halogens is 1. The Hall–Kier alpha value is -2.15. The van der Waals surface area contributed by atoms with Crippen LogP contribution in [-0.4, -0.2) is 77.4 Å². The third kappa shape index (κ3) is 4.29. The molecule has 6 nitrogen and oxygen atoms in total. The topological polar surface area (TPSA) is 53.1 Å². The molecule has 2 saturated heterocycles. The zero-order chi connectivity index (χ0) is 19.7. The van der Waals surface area contributed by atoms with Crippen LogP contribution in [0.2, 0.25) is 0 Å². The first-order valence-corrected chi connectivity index (χ1v) is 10.2. The van der Waals surface area contributed by atoms with E-state index in [0.717, 1.165) is 26.1 Å². The van der Waals surface area contributed by atoms with E-state index < -0.39 is 6.04 Å². The van der Waals surface area contributed by atoms with Gasteiger partial charge in [0.05, 0.1) is 6.54 Å². The zero-order valence-electron chi connectivity index (χ0n) is 16.3. The highest BCUT2D eigenvalue weighted by molar-refractivity contribution is 5.87. The first-order valence-electron chi connectivity index (χ1n) is 10.2. The number of hydrogen-bond acceptors (Lipinski definition) is 4. The number of nitrogens with zero attached hydrogens (tertiary/aromatic N) is 3. The Balaban J connectivity index is 1.41. The molecule has 0 radical (unpaired) electrons. The van der Waals surface area contributed by atoms with E-state index in [2.05, 4.69) is 4.90 Å². The second-order valence-corrected chi connectivity index (χ2v) is 8.07. The van der Waals surface area contributed by atoms with Gasteiger partial charge < -0.3 is 14.5 Å². The van der Waals surface area contributed by atoms with Crippen molar-refractivity contribution < 1.29 is 18.7 Å². The monoisotopic (exact) mass is 389 g/mol. The number of carbonyl (C=O) groups excluding carboxylic acids is 2. The van der Waals surface area contributed by atoms with Gasteiger partial charge in [-0.2, -0.15) is 0 Å². The molecule has 1 saturated carbocycles. The molecule has 152 valence electrons. The van der Waals surface area contributed by atoms with Crippen molar-refractivity contribution in [1.29, 1.82) is 0 Å². The Bertz CT molecular complexity index is 739. The Labute approximate surface area is 165 Å². The first-order chi connectivity index (χ1) is 13.5. The van der Waals surface area contributed by atoms with Crippen LogP contribution in [0.4, 0.5) is 4.39 Å². The average Bonchev–Trinajstić information content (AvgIpc) is 3.44. The molecule has 7 heteroatoms. The van der Waals surface area contributed by atoms with Crippen LogP contribution in [0.15, 0.2) is 24.3 Å². The highest BCUT2D eigenvalue weighted by Gasteiger charge is 2.42. The zero-order valence-corrected chi connectivity index (χ0v) is 16.3. The fourth-order valence-corrected chi connectivity index (χ4v) is 4.37. The number of amides is 2. The van der Waals surface area contributed by atoms with E-state index in [9.17, 15) is 14.0 Å². The van der Waals surface area contributed by atoms with Gasteiger partial charge in [0.1, 0.15) is 23.7 Å². The van der Waals surface area contributed by atoms with Crippen molar-refractivity contribution in [2.45, 2.75) is 50.8 Å². The molecule has 0 unspecified atom stereocenters. The third-order valence-corrected chi connectivity index (χ3v) is 5.96. The number of carbonyl (C=O) groups is 2. The van der Waals surface area contributed by atoms with Gasteiger partial charge in [0, 0.05) is 51.6 Å². The van der Waals surface area contributed by atoms with E-state index in [1.54, 1.807) is 17.0 Å². The van der Waals surface area contributed by atoms with Gasteiger partial charge in [0.25, 0.3) is 0 Å². The van der Waals surface area contributed by atoms with Gasteiger partial charge in [-0.1, -0.05) is 6.07 Å². The molecular formula is C21H28FN3O3. The maximum absolute atomic E-state index is 13.4. The van der Waals surface area contributed by atoms with Crippen LogP contribution in [0.1, 0.15) is 32.6 Å². The molecule has 2 amide bonds. The molecule has 0 N–H and O–H groups in total. The number of ether oxygens (including phenoxy) is 1. The molecule has 1 aromatic rings. The molecule has 1 aliphatic carbocycles. The number of benzene rings is 1. The molecular weight excluding hydrogens is 361 g/mol. The number of likely N-dealkylation sites (tertiary alicyclic amines) is 1. The molecule has 2 aliphatic heterocycles. The molecule has 28 heavy (non-hydrogen) atoms. The van der Waals surface area contributed by atoms with Crippen molar-refractivity contribution >= 4 is 11.8 Å². The summed E-state index contributed by atoms with van der Waals surface area (Å²) >= 11 is 0. The Morgan fingerprint density at radius 2 is 1.96 bits per heavy atom. The summed E-state index contributed by atoms with van der Waals surface area (Å²) in [5.74, 6) is -0.0518. The van der Waals surface area contributed by atoms with Crippen molar-refractivity contribution in [2.75, 3.05) is 32.7 Å². The average molecular weight is 389 g/mol. The minimum absolute atomic E-state index is 0.0122. The van der Waals surface area contributed by atoms with Crippen LogP contribution in [0.3, 0.4) is 0 Å². The molecule has 1 aromatic carbocycles. The van der Waals surface area contributed by atoms with Gasteiger partial charge in [-0.05, 0) is 31.4 Å². The van der Waals surface area contributed by atoms with Gasteiger partial charge in [-0.25, -0.2) is 4.39 Å².